The summed E-state index contributed by atoms with van der Waals surface area (Å²) in [5.74, 6) is -1.06. The van der Waals surface area contributed by atoms with Crippen molar-refractivity contribution in [2.24, 2.45) is 5.92 Å². The van der Waals surface area contributed by atoms with Crippen LogP contribution < -0.4 is 14.8 Å². The second-order valence-corrected chi connectivity index (χ2v) is 8.30. The number of hydrogen-bond acceptors (Lipinski definition) is 8. The van der Waals surface area contributed by atoms with Crippen LogP contribution in [0.3, 0.4) is 0 Å². The molecule has 3 N–H and O–H groups in total. The minimum Gasteiger partial charge on any atom is -0.491 e. The number of aromatic nitrogens is 3. The lowest BCUT2D eigenvalue weighted by Crippen LogP contribution is -2.30. The molecule has 2 saturated heterocycles. The number of rotatable bonds is 4. The number of fused-ring (bicyclic) bond motifs is 3. The van der Waals surface area contributed by atoms with Crippen molar-refractivity contribution >= 4 is 17.0 Å². The van der Waals surface area contributed by atoms with E-state index in [2.05, 4.69) is 20.3 Å². The highest BCUT2D eigenvalue weighted by Gasteiger charge is 2.48. The topological polar surface area (TPSA) is 111 Å². The quantitative estimate of drug-likeness (QED) is 0.487. The largest absolute Gasteiger partial charge is 0.491 e. The second-order valence-electron chi connectivity index (χ2n) is 8.30. The molecule has 13 heteroatoms. The number of imidazole rings is 1. The van der Waals surface area contributed by atoms with Gasteiger partial charge in [-0.1, -0.05) is 6.07 Å². The number of anilines is 1. The van der Waals surface area contributed by atoms with Crippen molar-refractivity contribution in [3.8, 4) is 11.8 Å². The molecule has 0 unspecified atom stereocenters. The molecule has 34 heavy (non-hydrogen) atoms. The molecule has 1 aromatic carbocycles. The van der Waals surface area contributed by atoms with Crippen LogP contribution in [0.15, 0.2) is 24.3 Å². The predicted molar refractivity (Wildman–Crippen MR) is 107 cm³/mol. The molecule has 6 rings (SSSR count). The number of aliphatic hydroxyl groups is 1. The van der Waals surface area contributed by atoms with Crippen LogP contribution >= 0.6 is 0 Å². The Hall–Kier alpha value is -3.16. The van der Waals surface area contributed by atoms with Crippen LogP contribution in [0.25, 0.3) is 11.2 Å². The van der Waals surface area contributed by atoms with Crippen LogP contribution in [0.1, 0.15) is 17.2 Å². The maximum atomic E-state index is 14.3. The van der Waals surface area contributed by atoms with E-state index in [1.54, 1.807) is 6.07 Å². The monoisotopic (exact) mass is 482 g/mol. The lowest BCUT2D eigenvalue weighted by atomic mass is 10.0. The van der Waals surface area contributed by atoms with Gasteiger partial charge in [-0.15, -0.1) is 0 Å². The third-order valence-electron chi connectivity index (χ3n) is 6.19. The lowest BCUT2D eigenvalue weighted by molar-refractivity contribution is -0.137. The standard InChI is InChI=1S/C21H18F4N4O5/c22-10-2-1-3-13-15(10)12(6-31-13)26-17-9(21(23,24)25)4-11-18(28-17)29-20(27-11)34-14-7-32-16-8(14)5-33-19(16)30/h1-4,8,12,14,16,19,30H,5-7H2,(H2,26,27,28,29)/t8-,12-,14-,16+,19-/m1/s1. The van der Waals surface area contributed by atoms with Gasteiger partial charge in [-0.05, 0) is 18.2 Å². The van der Waals surface area contributed by atoms with Crippen LogP contribution in [0.5, 0.6) is 11.8 Å². The zero-order chi connectivity index (χ0) is 23.6. The molecular formula is C21H18F4N4O5. The van der Waals surface area contributed by atoms with E-state index in [0.29, 0.717) is 0 Å². The van der Waals surface area contributed by atoms with Gasteiger partial charge in [0.2, 0.25) is 0 Å². The number of ether oxygens (including phenoxy) is 4. The van der Waals surface area contributed by atoms with Crippen molar-refractivity contribution < 1.29 is 41.6 Å². The molecule has 5 atom stereocenters. The van der Waals surface area contributed by atoms with Crippen molar-refractivity contribution in [1.29, 1.82) is 0 Å². The fourth-order valence-corrected chi connectivity index (χ4v) is 4.55. The number of pyridine rings is 1. The van der Waals surface area contributed by atoms with Crippen molar-refractivity contribution in [2.45, 2.75) is 30.7 Å². The van der Waals surface area contributed by atoms with Crippen molar-refractivity contribution in [2.75, 3.05) is 25.1 Å². The van der Waals surface area contributed by atoms with E-state index in [0.717, 1.165) is 6.07 Å². The van der Waals surface area contributed by atoms with E-state index in [4.69, 9.17) is 18.9 Å². The van der Waals surface area contributed by atoms with Crippen LogP contribution in [0.4, 0.5) is 23.4 Å². The van der Waals surface area contributed by atoms with Gasteiger partial charge in [-0.25, -0.2) is 9.37 Å². The molecule has 0 saturated carbocycles. The first-order valence-electron chi connectivity index (χ1n) is 10.5. The SMILES string of the molecule is O[C@@H]1OC[C@H]2[C@@H]1OC[C@H]2Oc1nc2nc(N[C@@H]3COc4cccc(F)c43)c(C(F)(F)F)cc2[nH]1. The molecule has 3 aromatic rings. The molecular weight excluding hydrogens is 464 g/mol. The van der Waals surface area contributed by atoms with E-state index >= 15 is 0 Å². The number of nitrogens with one attached hydrogen (secondary N) is 2. The zero-order valence-electron chi connectivity index (χ0n) is 17.3. The van der Waals surface area contributed by atoms with Crippen LogP contribution in [-0.4, -0.2) is 58.4 Å². The summed E-state index contributed by atoms with van der Waals surface area (Å²) in [5.41, 5.74) is -0.909. The molecule has 0 radical (unpaired) electrons. The van der Waals surface area contributed by atoms with Gasteiger partial charge in [0.1, 0.15) is 41.8 Å². The molecule has 180 valence electrons. The highest BCUT2D eigenvalue weighted by Crippen LogP contribution is 2.41. The molecule has 5 heterocycles. The van der Waals surface area contributed by atoms with Crippen LogP contribution in [0, 0.1) is 11.7 Å². The fraction of sp³-hybridized carbons (Fsp3) is 0.429. The van der Waals surface area contributed by atoms with E-state index in [1.807, 2.05) is 0 Å². The average molecular weight is 482 g/mol. The molecule has 9 nitrogen and oxygen atoms in total. The molecule has 0 spiro atoms. The Balaban J connectivity index is 1.31. The third-order valence-corrected chi connectivity index (χ3v) is 6.19. The lowest BCUT2D eigenvalue weighted by Gasteiger charge is -2.17. The Labute approximate surface area is 189 Å². The Morgan fingerprint density at radius 1 is 1.15 bits per heavy atom. The summed E-state index contributed by atoms with van der Waals surface area (Å²) in [4.78, 5) is 10.9. The van der Waals surface area contributed by atoms with E-state index in [-0.39, 0.29) is 54.2 Å². The minimum absolute atomic E-state index is 0.0142. The first kappa shape index (κ1) is 21.4. The summed E-state index contributed by atoms with van der Waals surface area (Å²) in [6.45, 7) is 0.344. The van der Waals surface area contributed by atoms with E-state index in [9.17, 15) is 22.7 Å². The Morgan fingerprint density at radius 3 is 2.82 bits per heavy atom. The van der Waals surface area contributed by atoms with Gasteiger partial charge in [-0.3, -0.25) is 0 Å². The molecule has 0 aliphatic carbocycles. The number of halogens is 4. The number of nitrogens with zero attached hydrogens (tertiary/aromatic N) is 2. The summed E-state index contributed by atoms with van der Waals surface area (Å²) in [7, 11) is 0. The summed E-state index contributed by atoms with van der Waals surface area (Å²) in [6, 6.07) is 4.20. The van der Waals surface area contributed by atoms with Gasteiger partial charge in [0.15, 0.2) is 11.9 Å². The molecule has 2 aromatic heterocycles. The normalized spacial score (nSPS) is 28.1. The van der Waals surface area contributed by atoms with Gasteiger partial charge >= 0.3 is 6.18 Å². The van der Waals surface area contributed by atoms with Crippen molar-refractivity contribution in [3.05, 3.63) is 41.2 Å². The minimum atomic E-state index is -4.74. The Bertz CT molecular complexity index is 1250. The van der Waals surface area contributed by atoms with E-state index < -0.39 is 47.9 Å². The maximum Gasteiger partial charge on any atom is 0.420 e. The van der Waals surface area contributed by atoms with E-state index in [1.165, 1.54) is 12.1 Å². The molecule has 0 amide bonds. The number of H-pyrrole nitrogens is 1. The van der Waals surface area contributed by atoms with Gasteiger partial charge in [0.05, 0.1) is 36.3 Å². The van der Waals surface area contributed by atoms with Gasteiger partial charge in [0, 0.05) is 0 Å². The van der Waals surface area contributed by atoms with Gasteiger partial charge in [-0.2, -0.15) is 18.2 Å². The number of alkyl halides is 3. The maximum absolute atomic E-state index is 14.3. The van der Waals surface area contributed by atoms with Gasteiger partial charge < -0.3 is 34.4 Å². The fourth-order valence-electron chi connectivity index (χ4n) is 4.55. The number of benzene rings is 1. The smallest absolute Gasteiger partial charge is 0.420 e. The Morgan fingerprint density at radius 2 is 2.00 bits per heavy atom. The number of hydrogen-bond donors (Lipinski definition) is 3. The Kier molecular flexibility index (Phi) is 4.83. The highest BCUT2D eigenvalue weighted by atomic mass is 19.4. The summed E-state index contributed by atoms with van der Waals surface area (Å²) >= 11 is 0. The van der Waals surface area contributed by atoms with Crippen LogP contribution in [0.2, 0.25) is 0 Å². The molecule has 3 aliphatic rings. The highest BCUT2D eigenvalue weighted by molar-refractivity contribution is 5.76. The van der Waals surface area contributed by atoms with Crippen LogP contribution in [-0.2, 0) is 15.7 Å². The molecule has 2 fully saturated rings. The first-order chi connectivity index (χ1) is 16.3. The zero-order valence-corrected chi connectivity index (χ0v) is 17.3. The second kappa shape index (κ2) is 7.68. The predicted octanol–water partition coefficient (Wildman–Crippen LogP) is 2.77. The average Bonchev–Trinajstić information content (AvgIpc) is 3.54. The van der Waals surface area contributed by atoms with Gasteiger partial charge in [0.25, 0.3) is 6.01 Å². The van der Waals surface area contributed by atoms with Crippen molar-refractivity contribution in [1.82, 2.24) is 15.0 Å². The summed E-state index contributed by atoms with van der Waals surface area (Å²) < 4.78 is 77.7. The third kappa shape index (κ3) is 3.51. The summed E-state index contributed by atoms with van der Waals surface area (Å²) in [5, 5.41) is 12.4. The molecule has 3 aliphatic heterocycles. The number of aliphatic hydroxyl groups excluding tert-OH is 1. The molecule has 0 bridgehead atoms. The van der Waals surface area contributed by atoms with Crippen molar-refractivity contribution in [3.63, 3.8) is 0 Å². The number of aromatic amines is 1. The summed E-state index contributed by atoms with van der Waals surface area (Å²) in [6.07, 6.45) is -6.82. The first-order valence-corrected chi connectivity index (χ1v) is 10.5.